The Kier molecular flexibility index (Phi) is 6.68. The lowest BCUT2D eigenvalue weighted by Crippen LogP contribution is -2.27. The van der Waals surface area contributed by atoms with Crippen molar-refractivity contribution in [3.05, 3.63) is 29.3 Å². The predicted molar refractivity (Wildman–Crippen MR) is 84.3 cm³/mol. The molecular formula is C15H24N4O2. The summed E-state index contributed by atoms with van der Waals surface area (Å²) in [4.78, 5) is 0. The van der Waals surface area contributed by atoms with Crippen LogP contribution in [0.2, 0.25) is 0 Å². The minimum Gasteiger partial charge on any atom is -0.496 e. The van der Waals surface area contributed by atoms with E-state index in [0.717, 1.165) is 24.2 Å². The number of benzene rings is 1. The normalized spacial score (nSPS) is 11.8. The number of aryl methyl sites for hydroxylation is 1. The zero-order valence-electron chi connectivity index (χ0n) is 12.8. The van der Waals surface area contributed by atoms with Crippen molar-refractivity contribution in [1.82, 2.24) is 5.32 Å². The Labute approximate surface area is 125 Å². The molecule has 1 rings (SSSR count). The van der Waals surface area contributed by atoms with Gasteiger partial charge in [-0.05, 0) is 50.6 Å². The largest absolute Gasteiger partial charge is 0.496 e. The third kappa shape index (κ3) is 5.43. The van der Waals surface area contributed by atoms with Crippen LogP contribution in [0.4, 0.5) is 0 Å². The lowest BCUT2D eigenvalue weighted by molar-refractivity contribution is 0.172. The van der Waals surface area contributed by atoms with Crippen molar-refractivity contribution in [2.24, 2.45) is 5.73 Å². The van der Waals surface area contributed by atoms with Crippen LogP contribution in [-0.4, -0.2) is 32.1 Å². The lowest BCUT2D eigenvalue weighted by Gasteiger charge is -2.14. The van der Waals surface area contributed by atoms with Crippen molar-refractivity contribution in [2.75, 3.05) is 14.2 Å². The Balaban J connectivity index is 2.60. The van der Waals surface area contributed by atoms with Gasteiger partial charge in [0.1, 0.15) is 17.8 Å². The van der Waals surface area contributed by atoms with Gasteiger partial charge in [-0.15, -0.1) is 0 Å². The highest BCUT2D eigenvalue weighted by atomic mass is 16.5. The molecule has 0 saturated carbocycles. The van der Waals surface area contributed by atoms with Gasteiger partial charge in [0.15, 0.2) is 5.90 Å². The molecule has 6 nitrogen and oxygen atoms in total. The topological polar surface area (TPSA) is 104 Å². The Morgan fingerprint density at radius 1 is 1.38 bits per heavy atom. The molecule has 5 N–H and O–H groups in total. The Hall–Kier alpha value is -2.08. The average Bonchev–Trinajstić information content (AvgIpc) is 2.46. The lowest BCUT2D eigenvalue weighted by atomic mass is 10.0. The molecule has 6 heteroatoms. The van der Waals surface area contributed by atoms with Crippen molar-refractivity contribution in [3.8, 4) is 5.75 Å². The van der Waals surface area contributed by atoms with Gasteiger partial charge < -0.3 is 15.2 Å². The van der Waals surface area contributed by atoms with Gasteiger partial charge in [0.2, 0.25) is 0 Å². The third-order valence-electron chi connectivity index (χ3n) is 3.17. The molecule has 116 valence electrons. The molecule has 0 aliphatic rings. The second kappa shape index (κ2) is 8.26. The van der Waals surface area contributed by atoms with Gasteiger partial charge in [-0.25, -0.2) is 0 Å². The van der Waals surface area contributed by atoms with Gasteiger partial charge in [-0.3, -0.25) is 16.1 Å². The molecule has 0 amide bonds. The monoisotopic (exact) mass is 292 g/mol. The van der Waals surface area contributed by atoms with Crippen LogP contribution in [-0.2, 0) is 11.2 Å². The van der Waals surface area contributed by atoms with Crippen LogP contribution < -0.4 is 15.8 Å². The molecule has 1 aromatic carbocycles. The number of nitrogens with two attached hydrogens (primary N) is 1. The van der Waals surface area contributed by atoms with E-state index < -0.39 is 0 Å². The van der Waals surface area contributed by atoms with Gasteiger partial charge in [0.05, 0.1) is 7.11 Å². The quantitative estimate of drug-likeness (QED) is 0.333. The minimum atomic E-state index is -0.159. The van der Waals surface area contributed by atoms with E-state index in [4.69, 9.17) is 26.0 Å². The second-order valence-electron chi connectivity index (χ2n) is 4.77. The highest BCUT2D eigenvalue weighted by Gasteiger charge is 2.08. The number of methoxy groups -OCH3 is 1. The van der Waals surface area contributed by atoms with Crippen molar-refractivity contribution in [3.63, 3.8) is 0 Å². The molecule has 0 heterocycles. The maximum atomic E-state index is 7.75. The number of rotatable bonds is 8. The molecule has 0 bridgehead atoms. The molecule has 0 saturated heterocycles. The first-order chi connectivity index (χ1) is 9.97. The van der Waals surface area contributed by atoms with Crippen LogP contribution in [0.3, 0.4) is 0 Å². The fraction of sp³-hybridized carbons (Fsp3) is 0.467. The number of amidine groups is 1. The summed E-state index contributed by atoms with van der Waals surface area (Å²) in [5, 5.41) is 18.2. The van der Waals surface area contributed by atoms with E-state index in [2.05, 4.69) is 5.32 Å². The molecule has 0 spiro atoms. The summed E-state index contributed by atoms with van der Waals surface area (Å²) in [6, 6.07) is 5.45. The van der Waals surface area contributed by atoms with E-state index >= 15 is 0 Å². The van der Waals surface area contributed by atoms with Crippen molar-refractivity contribution >= 4 is 11.7 Å². The van der Waals surface area contributed by atoms with E-state index in [-0.39, 0.29) is 18.0 Å². The molecule has 0 fully saturated rings. The molecule has 1 unspecified atom stereocenters. The van der Waals surface area contributed by atoms with Crippen LogP contribution in [0.25, 0.3) is 0 Å². The first-order valence-corrected chi connectivity index (χ1v) is 6.90. The van der Waals surface area contributed by atoms with Crippen LogP contribution in [0, 0.1) is 10.8 Å². The van der Waals surface area contributed by atoms with E-state index in [1.54, 1.807) is 20.2 Å². The molecule has 0 aliphatic heterocycles. The van der Waals surface area contributed by atoms with Gasteiger partial charge in [0, 0.05) is 12.0 Å². The van der Waals surface area contributed by atoms with Crippen molar-refractivity contribution in [1.29, 1.82) is 10.8 Å². The van der Waals surface area contributed by atoms with Gasteiger partial charge in [-0.1, -0.05) is 0 Å². The summed E-state index contributed by atoms with van der Waals surface area (Å²) in [6.45, 7) is 1.86. The zero-order valence-corrected chi connectivity index (χ0v) is 12.8. The molecular weight excluding hydrogens is 268 g/mol. The second-order valence-corrected chi connectivity index (χ2v) is 4.77. The third-order valence-corrected chi connectivity index (χ3v) is 3.17. The molecule has 21 heavy (non-hydrogen) atoms. The van der Waals surface area contributed by atoms with Gasteiger partial charge in [0.25, 0.3) is 0 Å². The van der Waals surface area contributed by atoms with Crippen LogP contribution >= 0.6 is 0 Å². The van der Waals surface area contributed by atoms with Gasteiger partial charge in [-0.2, -0.15) is 0 Å². The smallest absolute Gasteiger partial charge is 0.182 e. The number of nitrogen functional groups attached to an aromatic ring is 1. The summed E-state index contributed by atoms with van der Waals surface area (Å²) in [5.41, 5.74) is 7.17. The van der Waals surface area contributed by atoms with Crippen LogP contribution in [0.1, 0.15) is 30.9 Å². The summed E-state index contributed by atoms with van der Waals surface area (Å²) >= 11 is 0. The average molecular weight is 292 g/mol. The van der Waals surface area contributed by atoms with Crippen molar-refractivity contribution in [2.45, 2.75) is 32.4 Å². The van der Waals surface area contributed by atoms with Crippen molar-refractivity contribution < 1.29 is 9.47 Å². The van der Waals surface area contributed by atoms with Crippen LogP contribution in [0.5, 0.6) is 5.75 Å². The Morgan fingerprint density at radius 3 is 2.67 bits per heavy atom. The number of nitrogens with one attached hydrogen (secondary N) is 3. The maximum Gasteiger partial charge on any atom is 0.182 e. The Bertz CT molecular complexity index is 502. The molecule has 0 aromatic heterocycles. The van der Waals surface area contributed by atoms with E-state index in [0.29, 0.717) is 12.0 Å². The summed E-state index contributed by atoms with van der Waals surface area (Å²) < 4.78 is 10.7. The van der Waals surface area contributed by atoms with E-state index in [1.165, 1.54) is 0 Å². The molecule has 1 atom stereocenters. The summed E-state index contributed by atoms with van der Waals surface area (Å²) in [5.74, 6) is 1.08. The highest BCUT2D eigenvalue weighted by Crippen LogP contribution is 2.22. The highest BCUT2D eigenvalue weighted by molar-refractivity contribution is 5.95. The first-order valence-electron chi connectivity index (χ1n) is 6.90. The predicted octanol–water partition coefficient (Wildman–Crippen LogP) is 1.86. The molecule has 1 aromatic rings. The van der Waals surface area contributed by atoms with E-state index in [1.807, 2.05) is 19.1 Å². The fourth-order valence-corrected chi connectivity index (χ4v) is 1.91. The zero-order chi connectivity index (χ0) is 15.8. The SMILES string of the molecule is CNC(C)OC(=N)CCCc1cc(C(=N)N)ccc1OC. The minimum absolute atomic E-state index is 0.0397. The van der Waals surface area contributed by atoms with Gasteiger partial charge >= 0.3 is 0 Å². The Morgan fingerprint density at radius 2 is 2.10 bits per heavy atom. The number of hydrogen-bond donors (Lipinski definition) is 4. The summed E-state index contributed by atoms with van der Waals surface area (Å²) in [6.07, 6.45) is 1.91. The summed E-state index contributed by atoms with van der Waals surface area (Å²) in [7, 11) is 3.40. The first kappa shape index (κ1) is 17.0. The van der Waals surface area contributed by atoms with Crippen LogP contribution in [0.15, 0.2) is 18.2 Å². The standard InChI is InChI=1S/C15H24N4O2/c1-10(19-2)21-14(16)6-4-5-11-9-12(15(17)18)7-8-13(11)20-3/h7-10,16,19H,4-6H2,1-3H3,(H3,17,18). The maximum absolute atomic E-state index is 7.75. The molecule has 0 aliphatic carbocycles. The fourth-order valence-electron chi connectivity index (χ4n) is 1.91. The number of ether oxygens (including phenoxy) is 2. The van der Waals surface area contributed by atoms with E-state index in [9.17, 15) is 0 Å². The number of hydrogen-bond acceptors (Lipinski definition) is 5. The molecule has 0 radical (unpaired) electrons.